The van der Waals surface area contributed by atoms with Crippen LogP contribution in [0.25, 0.3) is 5.69 Å². The van der Waals surface area contributed by atoms with Crippen LogP contribution in [-0.2, 0) is 4.79 Å². The molecule has 0 aliphatic carbocycles. The van der Waals surface area contributed by atoms with Crippen LogP contribution in [0.3, 0.4) is 0 Å². The highest BCUT2D eigenvalue weighted by Gasteiger charge is 2.12. The van der Waals surface area contributed by atoms with Crippen LogP contribution >= 0.6 is 27.7 Å². The van der Waals surface area contributed by atoms with Gasteiger partial charge in [0.25, 0.3) is 0 Å². The summed E-state index contributed by atoms with van der Waals surface area (Å²) in [7, 11) is 0. The van der Waals surface area contributed by atoms with Crippen molar-refractivity contribution in [3.8, 4) is 5.69 Å². The molecule has 1 N–H and O–H groups in total. The highest BCUT2D eigenvalue weighted by atomic mass is 79.9. The lowest BCUT2D eigenvalue weighted by atomic mass is 10.0. The first-order valence-electron chi connectivity index (χ1n) is 8.10. The maximum absolute atomic E-state index is 12.2. The molecule has 0 aliphatic rings. The van der Waals surface area contributed by atoms with Gasteiger partial charge in [-0.15, -0.1) is 5.10 Å². The Morgan fingerprint density at radius 2 is 1.85 bits per heavy atom. The molecule has 0 unspecified atom stereocenters. The number of benzene rings is 2. The lowest BCUT2D eigenvalue weighted by Gasteiger charge is -2.08. The van der Waals surface area contributed by atoms with Crippen molar-refractivity contribution in [1.82, 2.24) is 20.2 Å². The van der Waals surface area contributed by atoms with Crippen LogP contribution in [0.15, 0.2) is 58.2 Å². The van der Waals surface area contributed by atoms with Crippen LogP contribution in [0, 0.1) is 0 Å². The largest absolute Gasteiger partial charge is 0.325 e. The first-order chi connectivity index (χ1) is 12.5. The summed E-state index contributed by atoms with van der Waals surface area (Å²) in [5.41, 5.74) is 2.86. The minimum absolute atomic E-state index is 0.0994. The third kappa shape index (κ3) is 4.70. The fourth-order valence-corrected chi connectivity index (χ4v) is 3.25. The summed E-state index contributed by atoms with van der Waals surface area (Å²) < 4.78 is 2.59. The van der Waals surface area contributed by atoms with Crippen molar-refractivity contribution in [2.75, 3.05) is 11.1 Å². The third-order valence-corrected chi connectivity index (χ3v) is 5.15. The fourth-order valence-electron chi connectivity index (χ4n) is 2.29. The van der Waals surface area contributed by atoms with Crippen LogP contribution in [0.4, 0.5) is 5.69 Å². The van der Waals surface area contributed by atoms with Crippen molar-refractivity contribution in [3.05, 3.63) is 58.6 Å². The van der Waals surface area contributed by atoms with Gasteiger partial charge in [0.2, 0.25) is 11.1 Å². The molecule has 0 atom stereocenters. The van der Waals surface area contributed by atoms with Crippen LogP contribution in [0.1, 0.15) is 25.3 Å². The Morgan fingerprint density at radius 1 is 1.15 bits per heavy atom. The second-order valence-corrected chi connectivity index (χ2v) is 7.82. The van der Waals surface area contributed by atoms with Gasteiger partial charge in [-0.05, 0) is 58.3 Å². The molecule has 0 aliphatic heterocycles. The number of anilines is 1. The lowest BCUT2D eigenvalue weighted by Crippen LogP contribution is -2.14. The maximum atomic E-state index is 12.2. The lowest BCUT2D eigenvalue weighted by molar-refractivity contribution is -0.113. The molecule has 6 nitrogen and oxygen atoms in total. The quantitative estimate of drug-likeness (QED) is 0.589. The van der Waals surface area contributed by atoms with Gasteiger partial charge in [0.05, 0.1) is 11.4 Å². The highest BCUT2D eigenvalue weighted by Crippen LogP contribution is 2.21. The number of tetrazole rings is 1. The van der Waals surface area contributed by atoms with Gasteiger partial charge in [0.15, 0.2) is 0 Å². The van der Waals surface area contributed by atoms with Crippen LogP contribution in [0.5, 0.6) is 0 Å². The molecule has 0 saturated heterocycles. The zero-order valence-electron chi connectivity index (χ0n) is 14.4. The normalized spacial score (nSPS) is 10.9. The molecule has 3 rings (SSSR count). The molecule has 1 aromatic heterocycles. The van der Waals surface area contributed by atoms with Gasteiger partial charge >= 0.3 is 0 Å². The Hall–Kier alpha value is -2.19. The molecule has 134 valence electrons. The topological polar surface area (TPSA) is 72.7 Å². The van der Waals surface area contributed by atoms with Crippen molar-refractivity contribution >= 4 is 39.3 Å². The van der Waals surface area contributed by atoms with E-state index >= 15 is 0 Å². The number of carbonyl (C=O) groups is 1. The smallest absolute Gasteiger partial charge is 0.234 e. The first kappa shape index (κ1) is 18.6. The highest BCUT2D eigenvalue weighted by molar-refractivity contribution is 9.10. The summed E-state index contributed by atoms with van der Waals surface area (Å²) in [5.74, 6) is 0.591. The molecule has 8 heteroatoms. The predicted octanol–water partition coefficient (Wildman–Crippen LogP) is 4.28. The number of thioether (sulfide) groups is 1. The fraction of sp³-hybridized carbons (Fsp3) is 0.222. The summed E-state index contributed by atoms with van der Waals surface area (Å²) in [6.45, 7) is 4.28. The zero-order valence-corrected chi connectivity index (χ0v) is 16.8. The van der Waals surface area contributed by atoms with Crippen LogP contribution in [-0.4, -0.2) is 31.9 Å². The number of carbonyl (C=O) groups excluding carboxylic acids is 1. The Labute approximate surface area is 164 Å². The number of hydrogen-bond donors (Lipinski definition) is 1. The Kier molecular flexibility index (Phi) is 6.05. The number of rotatable bonds is 6. The summed E-state index contributed by atoms with van der Waals surface area (Å²) in [6.07, 6.45) is 0. The van der Waals surface area contributed by atoms with E-state index in [1.807, 2.05) is 48.5 Å². The van der Waals surface area contributed by atoms with E-state index in [0.717, 1.165) is 15.8 Å². The molecule has 1 amide bonds. The van der Waals surface area contributed by atoms with Gasteiger partial charge in [-0.1, -0.05) is 53.7 Å². The van der Waals surface area contributed by atoms with Gasteiger partial charge in [-0.3, -0.25) is 4.79 Å². The van der Waals surface area contributed by atoms with Crippen molar-refractivity contribution in [3.63, 3.8) is 0 Å². The Bertz CT molecular complexity index is 877. The number of nitrogens with one attached hydrogen (secondary N) is 1. The number of nitrogens with zero attached hydrogens (tertiary/aromatic N) is 4. The van der Waals surface area contributed by atoms with Crippen molar-refractivity contribution < 1.29 is 4.79 Å². The number of amides is 1. The zero-order chi connectivity index (χ0) is 18.5. The molecule has 0 bridgehead atoms. The van der Waals surface area contributed by atoms with Gasteiger partial charge in [-0.25, -0.2) is 0 Å². The average molecular weight is 432 g/mol. The van der Waals surface area contributed by atoms with Gasteiger partial charge in [0.1, 0.15) is 0 Å². The molecule has 26 heavy (non-hydrogen) atoms. The van der Waals surface area contributed by atoms with E-state index in [-0.39, 0.29) is 11.7 Å². The van der Waals surface area contributed by atoms with Crippen LogP contribution < -0.4 is 5.32 Å². The van der Waals surface area contributed by atoms with Crippen molar-refractivity contribution in [2.45, 2.75) is 24.9 Å². The maximum Gasteiger partial charge on any atom is 0.234 e. The minimum atomic E-state index is -0.0994. The number of aromatic nitrogens is 4. The van der Waals surface area contributed by atoms with E-state index < -0.39 is 0 Å². The average Bonchev–Trinajstić information content (AvgIpc) is 3.09. The van der Waals surface area contributed by atoms with E-state index in [9.17, 15) is 4.79 Å². The van der Waals surface area contributed by atoms with Crippen molar-refractivity contribution in [1.29, 1.82) is 0 Å². The molecular weight excluding hydrogens is 414 g/mol. The summed E-state index contributed by atoms with van der Waals surface area (Å²) in [4.78, 5) is 12.2. The van der Waals surface area contributed by atoms with E-state index in [0.29, 0.717) is 11.1 Å². The Balaban J connectivity index is 1.60. The molecule has 1 heterocycles. The van der Waals surface area contributed by atoms with E-state index in [1.54, 1.807) is 4.68 Å². The summed E-state index contributed by atoms with van der Waals surface area (Å²) in [5, 5.41) is 15.2. The second-order valence-electron chi connectivity index (χ2n) is 5.96. The van der Waals surface area contributed by atoms with Gasteiger partial charge in [-0.2, -0.15) is 4.68 Å². The molecule has 0 radical (unpaired) electrons. The second kappa shape index (κ2) is 8.46. The molecule has 0 fully saturated rings. The first-order valence-corrected chi connectivity index (χ1v) is 9.87. The van der Waals surface area contributed by atoms with E-state index in [1.165, 1.54) is 17.3 Å². The summed E-state index contributed by atoms with van der Waals surface area (Å²) >= 11 is 4.69. The van der Waals surface area contributed by atoms with Gasteiger partial charge in [0, 0.05) is 10.2 Å². The standard InChI is InChI=1S/C18H18BrN5OS/c1-12(2)13-3-7-15(8-4-13)20-17(25)11-26-18-21-22-23-24(18)16-9-5-14(19)6-10-16/h3-10,12H,11H2,1-2H3,(H,20,25). The molecular formula is C18H18BrN5OS. The third-order valence-electron chi connectivity index (χ3n) is 3.71. The number of hydrogen-bond acceptors (Lipinski definition) is 5. The van der Waals surface area contributed by atoms with E-state index in [2.05, 4.69) is 50.6 Å². The van der Waals surface area contributed by atoms with E-state index in [4.69, 9.17) is 0 Å². The number of halogens is 1. The van der Waals surface area contributed by atoms with Gasteiger partial charge < -0.3 is 5.32 Å². The monoisotopic (exact) mass is 431 g/mol. The molecule has 2 aromatic carbocycles. The minimum Gasteiger partial charge on any atom is -0.325 e. The van der Waals surface area contributed by atoms with Crippen LogP contribution in [0.2, 0.25) is 0 Å². The predicted molar refractivity (Wildman–Crippen MR) is 107 cm³/mol. The SMILES string of the molecule is CC(C)c1ccc(NC(=O)CSc2nnnn2-c2ccc(Br)cc2)cc1. The van der Waals surface area contributed by atoms with Crippen molar-refractivity contribution in [2.24, 2.45) is 0 Å². The summed E-state index contributed by atoms with van der Waals surface area (Å²) in [6, 6.07) is 15.5. The molecule has 0 spiro atoms. The molecule has 3 aromatic rings. The Morgan fingerprint density at radius 3 is 2.50 bits per heavy atom. The molecule has 0 saturated carbocycles.